The van der Waals surface area contributed by atoms with Crippen LogP contribution in [0.15, 0.2) is 18.5 Å². The minimum absolute atomic E-state index is 0.350. The summed E-state index contributed by atoms with van der Waals surface area (Å²) >= 11 is 0. The third-order valence-corrected chi connectivity index (χ3v) is 2.67. The first kappa shape index (κ1) is 9.33. The second-order valence-corrected chi connectivity index (χ2v) is 4.20. The maximum Gasteiger partial charge on any atom is 0.154 e. The molecule has 0 saturated carbocycles. The van der Waals surface area contributed by atoms with Gasteiger partial charge in [-0.2, -0.15) is 5.10 Å². The van der Waals surface area contributed by atoms with E-state index in [2.05, 4.69) is 34.2 Å². The van der Waals surface area contributed by atoms with Crippen molar-refractivity contribution in [3.8, 4) is 5.69 Å². The van der Waals surface area contributed by atoms with Crippen LogP contribution < -0.4 is 5.32 Å². The Morgan fingerprint density at radius 2 is 2.31 bits per heavy atom. The molecule has 0 saturated heterocycles. The van der Waals surface area contributed by atoms with E-state index >= 15 is 0 Å². The molecule has 5 heteroatoms. The molecule has 0 fully saturated rings. The number of nitrogens with zero attached hydrogens (tertiary/aromatic N) is 4. The normalized spacial score (nSPS) is 13.2. The van der Waals surface area contributed by atoms with Crippen molar-refractivity contribution in [3.05, 3.63) is 30.1 Å². The summed E-state index contributed by atoms with van der Waals surface area (Å²) in [5.41, 5.74) is 2.03. The summed E-state index contributed by atoms with van der Waals surface area (Å²) < 4.78 is 1.91. The van der Waals surface area contributed by atoms with Crippen molar-refractivity contribution in [1.29, 1.82) is 0 Å². The van der Waals surface area contributed by atoms with Crippen molar-refractivity contribution in [3.63, 3.8) is 0 Å². The minimum atomic E-state index is 0.350. The van der Waals surface area contributed by atoms with E-state index in [1.807, 2.05) is 16.9 Å². The third kappa shape index (κ3) is 1.28. The van der Waals surface area contributed by atoms with Gasteiger partial charge in [-0.15, -0.1) is 0 Å². The molecule has 1 aliphatic heterocycles. The molecule has 1 N–H and O–H groups in total. The third-order valence-electron chi connectivity index (χ3n) is 2.67. The second-order valence-electron chi connectivity index (χ2n) is 4.20. The van der Waals surface area contributed by atoms with Crippen LogP contribution >= 0.6 is 0 Å². The lowest BCUT2D eigenvalue weighted by atomic mass is 10.2. The summed E-state index contributed by atoms with van der Waals surface area (Å²) in [4.78, 5) is 8.61. The van der Waals surface area contributed by atoms with E-state index in [4.69, 9.17) is 0 Å². The highest BCUT2D eigenvalue weighted by molar-refractivity contribution is 5.61. The first-order valence-electron chi connectivity index (χ1n) is 5.40. The van der Waals surface area contributed by atoms with E-state index in [-0.39, 0.29) is 0 Å². The van der Waals surface area contributed by atoms with Gasteiger partial charge in [-0.3, -0.25) is 4.98 Å². The summed E-state index contributed by atoms with van der Waals surface area (Å²) in [5.74, 6) is 2.20. The van der Waals surface area contributed by atoms with Crippen LogP contribution in [0.1, 0.15) is 31.4 Å². The van der Waals surface area contributed by atoms with E-state index in [0.717, 1.165) is 23.0 Å². The molecule has 0 unspecified atom stereocenters. The number of pyridine rings is 1. The Kier molecular flexibility index (Phi) is 1.92. The molecule has 3 heterocycles. The lowest BCUT2D eigenvalue weighted by molar-refractivity contribution is 0.741. The van der Waals surface area contributed by atoms with Crippen LogP contribution in [0.5, 0.6) is 0 Å². The predicted molar refractivity (Wildman–Crippen MR) is 60.6 cm³/mol. The van der Waals surface area contributed by atoms with Gasteiger partial charge in [0, 0.05) is 12.1 Å². The summed E-state index contributed by atoms with van der Waals surface area (Å²) in [5, 5.41) is 7.81. The zero-order valence-corrected chi connectivity index (χ0v) is 9.31. The molecule has 5 nitrogen and oxygen atoms in total. The van der Waals surface area contributed by atoms with Crippen molar-refractivity contribution < 1.29 is 0 Å². The maximum absolute atomic E-state index is 4.53. The summed E-state index contributed by atoms with van der Waals surface area (Å²) in [6, 6.07) is 1.95. The number of hydrogen-bond acceptors (Lipinski definition) is 4. The van der Waals surface area contributed by atoms with Crippen LogP contribution in [-0.2, 0) is 6.54 Å². The average molecular weight is 215 g/mol. The first-order chi connectivity index (χ1) is 7.75. The largest absolute Gasteiger partial charge is 0.375 e. The smallest absolute Gasteiger partial charge is 0.154 e. The molecule has 0 bridgehead atoms. The molecule has 0 amide bonds. The summed E-state index contributed by atoms with van der Waals surface area (Å²) in [6.45, 7) is 4.91. The highest BCUT2D eigenvalue weighted by atomic mass is 15.4. The fourth-order valence-electron chi connectivity index (χ4n) is 1.80. The highest BCUT2D eigenvalue weighted by Crippen LogP contribution is 2.25. The maximum atomic E-state index is 4.53. The van der Waals surface area contributed by atoms with Gasteiger partial charge in [0.15, 0.2) is 11.6 Å². The Morgan fingerprint density at radius 1 is 1.44 bits per heavy atom. The van der Waals surface area contributed by atoms with Gasteiger partial charge in [-0.05, 0) is 6.07 Å². The van der Waals surface area contributed by atoms with E-state index in [0.29, 0.717) is 12.5 Å². The van der Waals surface area contributed by atoms with Gasteiger partial charge in [0.1, 0.15) is 0 Å². The first-order valence-corrected chi connectivity index (χ1v) is 5.40. The van der Waals surface area contributed by atoms with Gasteiger partial charge in [0.05, 0.1) is 24.1 Å². The quantitative estimate of drug-likeness (QED) is 0.786. The van der Waals surface area contributed by atoms with Crippen LogP contribution in [0.4, 0.5) is 5.69 Å². The molecule has 2 aromatic heterocycles. The Balaban J connectivity index is 2.17. The van der Waals surface area contributed by atoms with E-state index in [1.54, 1.807) is 6.20 Å². The molecule has 0 aromatic carbocycles. The van der Waals surface area contributed by atoms with E-state index in [9.17, 15) is 0 Å². The molecular formula is C11H13N5. The molecule has 0 atom stereocenters. The Bertz CT molecular complexity index is 529. The molecule has 0 radical (unpaired) electrons. The van der Waals surface area contributed by atoms with Crippen molar-refractivity contribution in [2.45, 2.75) is 26.3 Å². The van der Waals surface area contributed by atoms with Crippen molar-refractivity contribution in [2.24, 2.45) is 0 Å². The van der Waals surface area contributed by atoms with E-state index in [1.165, 1.54) is 0 Å². The molecule has 0 spiro atoms. The number of anilines is 1. The Labute approximate surface area is 93.5 Å². The van der Waals surface area contributed by atoms with Gasteiger partial charge in [-0.25, -0.2) is 9.67 Å². The topological polar surface area (TPSA) is 55.6 Å². The van der Waals surface area contributed by atoms with Crippen molar-refractivity contribution in [2.75, 3.05) is 5.32 Å². The summed E-state index contributed by atoms with van der Waals surface area (Å²) in [7, 11) is 0. The lowest BCUT2D eigenvalue weighted by Gasteiger charge is -2.17. The second kappa shape index (κ2) is 3.30. The molecule has 0 aliphatic carbocycles. The molecule has 1 aliphatic rings. The Morgan fingerprint density at radius 3 is 3.12 bits per heavy atom. The van der Waals surface area contributed by atoms with E-state index < -0.39 is 0 Å². The Hall–Kier alpha value is -1.91. The monoisotopic (exact) mass is 215 g/mol. The van der Waals surface area contributed by atoms with Gasteiger partial charge >= 0.3 is 0 Å². The van der Waals surface area contributed by atoms with Crippen LogP contribution in [0, 0.1) is 0 Å². The lowest BCUT2D eigenvalue weighted by Crippen LogP contribution is -2.16. The molecule has 3 rings (SSSR count). The predicted octanol–water partition coefficient (Wildman–Crippen LogP) is 1.71. The average Bonchev–Trinajstić information content (AvgIpc) is 2.73. The van der Waals surface area contributed by atoms with Crippen LogP contribution in [0.2, 0.25) is 0 Å². The fraction of sp³-hybridized carbons (Fsp3) is 0.364. The fourth-order valence-corrected chi connectivity index (χ4v) is 1.80. The van der Waals surface area contributed by atoms with Gasteiger partial charge < -0.3 is 5.32 Å². The number of fused-ring (bicyclic) bond motifs is 3. The molecule has 2 aromatic rings. The molecule has 82 valence electrons. The molecule has 16 heavy (non-hydrogen) atoms. The standard InChI is InChI=1S/C11H13N5/c1-7(2)11-14-10-6-13-8-5-12-4-3-9(8)16(10)15-11/h3-5,7,13H,6H2,1-2H3. The number of rotatable bonds is 1. The van der Waals surface area contributed by atoms with Gasteiger partial charge in [0.25, 0.3) is 0 Å². The molecular weight excluding hydrogens is 202 g/mol. The zero-order valence-electron chi connectivity index (χ0n) is 9.31. The van der Waals surface area contributed by atoms with Gasteiger partial charge in [0.2, 0.25) is 0 Å². The van der Waals surface area contributed by atoms with Crippen molar-refractivity contribution in [1.82, 2.24) is 19.7 Å². The zero-order chi connectivity index (χ0) is 11.1. The SMILES string of the molecule is CC(C)c1nc2n(n1)-c1ccncc1NC2. The number of hydrogen-bond donors (Lipinski definition) is 1. The number of nitrogens with one attached hydrogen (secondary N) is 1. The highest BCUT2D eigenvalue weighted by Gasteiger charge is 2.19. The van der Waals surface area contributed by atoms with Gasteiger partial charge in [-0.1, -0.05) is 13.8 Å². The minimum Gasteiger partial charge on any atom is -0.375 e. The van der Waals surface area contributed by atoms with Crippen LogP contribution in [0.3, 0.4) is 0 Å². The summed E-state index contributed by atoms with van der Waals surface area (Å²) in [6.07, 6.45) is 3.58. The van der Waals surface area contributed by atoms with Crippen LogP contribution in [0.25, 0.3) is 5.69 Å². The van der Waals surface area contributed by atoms with Crippen molar-refractivity contribution >= 4 is 5.69 Å². The number of aromatic nitrogens is 4. The van der Waals surface area contributed by atoms with Crippen LogP contribution in [-0.4, -0.2) is 19.7 Å².